The van der Waals surface area contributed by atoms with E-state index in [4.69, 9.17) is 4.74 Å². The van der Waals surface area contributed by atoms with Crippen LogP contribution < -0.4 is 15.0 Å². The van der Waals surface area contributed by atoms with Gasteiger partial charge in [-0.15, -0.1) is 0 Å². The van der Waals surface area contributed by atoms with E-state index >= 15 is 0 Å². The maximum Gasteiger partial charge on any atom is 0.254 e. The highest BCUT2D eigenvalue weighted by Gasteiger charge is 2.34. The average Bonchev–Trinajstić information content (AvgIpc) is 2.87. The number of aliphatic hydroxyl groups excluding tert-OH is 2. The molecule has 34 heavy (non-hydrogen) atoms. The summed E-state index contributed by atoms with van der Waals surface area (Å²) in [6, 6.07) is 13.6. The number of benzene rings is 2. The van der Waals surface area contributed by atoms with Crippen molar-refractivity contribution in [3.05, 3.63) is 59.9 Å². The second-order valence-corrected chi connectivity index (χ2v) is 8.22. The first-order valence-corrected chi connectivity index (χ1v) is 11.5. The van der Waals surface area contributed by atoms with Crippen molar-refractivity contribution in [1.82, 2.24) is 10.2 Å². The molecule has 0 aliphatic carbocycles. The summed E-state index contributed by atoms with van der Waals surface area (Å²) >= 11 is 0. The van der Waals surface area contributed by atoms with Gasteiger partial charge < -0.3 is 30.1 Å². The van der Waals surface area contributed by atoms with E-state index in [1.54, 1.807) is 42.5 Å². The molecule has 1 aliphatic heterocycles. The summed E-state index contributed by atoms with van der Waals surface area (Å²) < 4.78 is 19.6. The summed E-state index contributed by atoms with van der Waals surface area (Å²) in [5.74, 6) is -1.17. The molecule has 0 saturated carbocycles. The summed E-state index contributed by atoms with van der Waals surface area (Å²) in [6.07, 6.45) is -1.76. The van der Waals surface area contributed by atoms with E-state index < -0.39 is 24.0 Å². The number of unbranched alkanes of at least 4 members (excludes halogenated alkanes) is 1. The number of amides is 2. The van der Waals surface area contributed by atoms with Crippen molar-refractivity contribution >= 4 is 17.5 Å². The zero-order valence-electron chi connectivity index (χ0n) is 19.3. The molecule has 1 heterocycles. The number of rotatable bonds is 10. The van der Waals surface area contributed by atoms with Gasteiger partial charge in [-0.2, -0.15) is 0 Å². The van der Waals surface area contributed by atoms with Crippen LogP contribution in [0.2, 0.25) is 0 Å². The van der Waals surface area contributed by atoms with Crippen LogP contribution in [-0.2, 0) is 16.1 Å². The molecule has 2 amide bonds. The largest absolute Gasteiger partial charge is 0.494 e. The Balaban J connectivity index is 1.45. The Bertz CT molecular complexity index is 948. The van der Waals surface area contributed by atoms with Crippen molar-refractivity contribution in [3.8, 4) is 5.75 Å². The molecule has 184 valence electrons. The van der Waals surface area contributed by atoms with Crippen LogP contribution >= 0.6 is 0 Å². The molecule has 1 aliphatic rings. The third-order valence-corrected chi connectivity index (χ3v) is 5.76. The van der Waals surface area contributed by atoms with Gasteiger partial charge in [0.1, 0.15) is 11.6 Å². The van der Waals surface area contributed by atoms with Gasteiger partial charge in [0, 0.05) is 32.7 Å². The Morgan fingerprint density at radius 2 is 1.71 bits per heavy atom. The van der Waals surface area contributed by atoms with Crippen LogP contribution in [0.3, 0.4) is 0 Å². The van der Waals surface area contributed by atoms with Gasteiger partial charge in [0.05, 0.1) is 12.3 Å². The number of hydrogen-bond acceptors (Lipinski definition) is 6. The number of carbonyl (C=O) groups is 2. The second kappa shape index (κ2) is 12.3. The molecule has 2 aromatic rings. The van der Waals surface area contributed by atoms with Gasteiger partial charge in [0.15, 0.2) is 12.2 Å². The second-order valence-electron chi connectivity index (χ2n) is 8.22. The number of anilines is 1. The zero-order chi connectivity index (χ0) is 24.5. The maximum absolute atomic E-state index is 14.0. The number of nitrogens with zero attached hydrogens (tertiary/aromatic N) is 2. The highest BCUT2D eigenvalue weighted by atomic mass is 19.1. The van der Waals surface area contributed by atoms with Gasteiger partial charge >= 0.3 is 0 Å². The van der Waals surface area contributed by atoms with Crippen LogP contribution in [0.1, 0.15) is 25.3 Å². The zero-order valence-corrected chi connectivity index (χ0v) is 19.3. The minimum absolute atomic E-state index is 0.132. The first-order valence-electron chi connectivity index (χ1n) is 11.5. The van der Waals surface area contributed by atoms with Crippen molar-refractivity contribution in [2.24, 2.45) is 0 Å². The summed E-state index contributed by atoms with van der Waals surface area (Å²) in [4.78, 5) is 28.1. The van der Waals surface area contributed by atoms with E-state index in [9.17, 15) is 24.2 Å². The Kier molecular flexibility index (Phi) is 9.24. The third-order valence-electron chi connectivity index (χ3n) is 5.76. The number of aliphatic hydroxyl groups is 2. The summed E-state index contributed by atoms with van der Waals surface area (Å²) in [6.45, 7) is 4.09. The molecule has 0 aromatic heterocycles. The van der Waals surface area contributed by atoms with Crippen molar-refractivity contribution in [2.45, 2.75) is 38.5 Å². The first kappa shape index (κ1) is 25.5. The van der Waals surface area contributed by atoms with E-state index in [1.807, 2.05) is 4.90 Å². The predicted octanol–water partition coefficient (Wildman–Crippen LogP) is 1.69. The Morgan fingerprint density at radius 1 is 1.03 bits per heavy atom. The molecule has 3 N–H and O–H groups in total. The fourth-order valence-corrected chi connectivity index (χ4v) is 3.67. The van der Waals surface area contributed by atoms with Crippen LogP contribution in [0, 0.1) is 5.82 Å². The highest BCUT2D eigenvalue weighted by Crippen LogP contribution is 2.20. The first-order chi connectivity index (χ1) is 16.4. The van der Waals surface area contributed by atoms with Gasteiger partial charge in [0.2, 0.25) is 0 Å². The molecule has 2 atom stereocenters. The number of nitrogens with one attached hydrogen (secondary N) is 1. The van der Waals surface area contributed by atoms with Gasteiger partial charge in [-0.1, -0.05) is 37.6 Å². The summed E-state index contributed by atoms with van der Waals surface area (Å²) in [5, 5.41) is 23.0. The van der Waals surface area contributed by atoms with Crippen molar-refractivity contribution in [1.29, 1.82) is 0 Å². The molecule has 0 radical (unpaired) electrons. The molecule has 3 rings (SSSR count). The highest BCUT2D eigenvalue weighted by molar-refractivity contribution is 5.90. The molecule has 1 saturated heterocycles. The van der Waals surface area contributed by atoms with Crippen LogP contribution in [0.5, 0.6) is 5.75 Å². The minimum atomic E-state index is -1.89. The molecular formula is C25H32FN3O5. The lowest BCUT2D eigenvalue weighted by molar-refractivity contribution is -0.153. The van der Waals surface area contributed by atoms with Crippen LogP contribution in [0.15, 0.2) is 48.5 Å². The normalized spacial score (nSPS) is 15.5. The van der Waals surface area contributed by atoms with E-state index in [0.29, 0.717) is 25.4 Å². The molecule has 8 nitrogen and oxygen atoms in total. The van der Waals surface area contributed by atoms with E-state index in [-0.39, 0.29) is 25.5 Å². The number of halogens is 1. The Hall–Kier alpha value is -3.17. The van der Waals surface area contributed by atoms with Gasteiger partial charge in [0.25, 0.3) is 11.8 Å². The summed E-state index contributed by atoms with van der Waals surface area (Å²) in [5.41, 5.74) is 1.24. The molecule has 0 unspecified atom stereocenters. The van der Waals surface area contributed by atoms with Crippen LogP contribution in [0.25, 0.3) is 0 Å². The quantitative estimate of drug-likeness (QED) is 0.454. The fraction of sp³-hybridized carbons (Fsp3) is 0.440. The molecular weight excluding hydrogens is 441 g/mol. The SMILES string of the molecule is CCCCOc1ccc(CNC(=O)[C@H](O)[C@@H](O)C(=O)N2CCN(c3ccccc3F)CC2)cc1. The lowest BCUT2D eigenvalue weighted by Crippen LogP contribution is -2.55. The fourth-order valence-electron chi connectivity index (χ4n) is 3.67. The van der Waals surface area contributed by atoms with Crippen LogP contribution in [0.4, 0.5) is 10.1 Å². The van der Waals surface area contributed by atoms with Gasteiger partial charge in [-0.25, -0.2) is 4.39 Å². The number of ether oxygens (including phenoxy) is 1. The molecule has 0 spiro atoms. The lowest BCUT2D eigenvalue weighted by Gasteiger charge is -2.37. The molecule has 2 aromatic carbocycles. The number of carbonyl (C=O) groups excluding carboxylic acids is 2. The number of piperazine rings is 1. The van der Waals surface area contributed by atoms with E-state index in [0.717, 1.165) is 24.2 Å². The van der Waals surface area contributed by atoms with Crippen molar-refractivity contribution in [3.63, 3.8) is 0 Å². The molecule has 1 fully saturated rings. The topological polar surface area (TPSA) is 102 Å². The third kappa shape index (κ3) is 6.68. The Labute approximate surface area is 198 Å². The van der Waals surface area contributed by atoms with Crippen LogP contribution in [-0.4, -0.2) is 71.9 Å². The average molecular weight is 474 g/mol. The molecule has 9 heteroatoms. The lowest BCUT2D eigenvalue weighted by atomic mass is 10.1. The summed E-state index contributed by atoms with van der Waals surface area (Å²) in [7, 11) is 0. The Morgan fingerprint density at radius 3 is 2.35 bits per heavy atom. The monoisotopic (exact) mass is 473 g/mol. The standard InChI is InChI=1S/C25H32FN3O5/c1-2-3-16-34-19-10-8-18(9-11-19)17-27-24(32)22(30)23(31)25(33)29-14-12-28(13-15-29)21-7-5-4-6-20(21)26/h4-11,22-23,30-31H,2-3,12-17H2,1H3,(H,27,32)/t22-,23-/m1/s1. The van der Waals surface area contributed by atoms with Crippen molar-refractivity contribution in [2.75, 3.05) is 37.7 Å². The maximum atomic E-state index is 14.0. The smallest absolute Gasteiger partial charge is 0.254 e. The van der Waals surface area contributed by atoms with Gasteiger partial charge in [-0.05, 0) is 36.2 Å². The van der Waals surface area contributed by atoms with E-state index in [1.165, 1.54) is 11.0 Å². The van der Waals surface area contributed by atoms with E-state index in [2.05, 4.69) is 12.2 Å². The number of hydrogen-bond donors (Lipinski definition) is 3. The number of para-hydroxylation sites is 1. The van der Waals surface area contributed by atoms with Gasteiger partial charge in [-0.3, -0.25) is 9.59 Å². The predicted molar refractivity (Wildman–Crippen MR) is 126 cm³/mol. The van der Waals surface area contributed by atoms with Crippen molar-refractivity contribution < 1.29 is 28.9 Å². The minimum Gasteiger partial charge on any atom is -0.494 e. The molecule has 0 bridgehead atoms.